The number of anilines is 1. The van der Waals surface area contributed by atoms with E-state index in [9.17, 15) is 9.59 Å². The first-order valence-corrected chi connectivity index (χ1v) is 13.9. The molecule has 1 amide bonds. The molecule has 0 atom stereocenters. The smallest absolute Gasteiger partial charge is 0.291 e. The number of halogens is 1. The molecule has 0 bridgehead atoms. The number of nitrogens with zero attached hydrogens (tertiary/aromatic N) is 4. The van der Waals surface area contributed by atoms with E-state index in [0.717, 1.165) is 71.0 Å². The average molecular weight is 558 g/mol. The standard InChI is InChI=1S/C30H32ClN7O2/c1-17-19(7-5-9-21(17)36-30(40)29-35-23-16-33-13-11-25(23)38(29)3)20-8-4-6-18(27(20)31)14-26(39)28-34-22-15-32-12-10-24(22)37(28)2/h4-9,32-33H,10-16H2,1-3H3,(H,36,40). The van der Waals surface area contributed by atoms with Crippen LogP contribution in [0.2, 0.25) is 5.02 Å². The van der Waals surface area contributed by atoms with Gasteiger partial charge < -0.3 is 25.1 Å². The predicted octanol–water partition coefficient (Wildman–Crippen LogP) is 3.75. The number of nitrogens with one attached hydrogen (secondary N) is 3. The maximum absolute atomic E-state index is 13.3. The van der Waals surface area contributed by atoms with Crippen LogP contribution in [-0.4, -0.2) is 43.9 Å². The molecule has 4 heterocycles. The summed E-state index contributed by atoms with van der Waals surface area (Å²) in [6.07, 6.45) is 1.85. The topological polar surface area (TPSA) is 106 Å². The Bertz CT molecular complexity index is 1530. The molecule has 10 heteroatoms. The van der Waals surface area contributed by atoms with Gasteiger partial charge in [-0.3, -0.25) is 9.59 Å². The molecule has 0 aliphatic carbocycles. The van der Waals surface area contributed by atoms with Crippen LogP contribution in [0.15, 0.2) is 36.4 Å². The second-order valence-corrected chi connectivity index (χ2v) is 10.8. The SMILES string of the molecule is Cc1c(NC(=O)c2nc3c(n2C)CCNC3)cccc1-c1cccc(CC(=O)c2nc3c(n2C)CCNC3)c1Cl. The lowest BCUT2D eigenvalue weighted by Gasteiger charge is -2.16. The fraction of sp³-hybridized carbons (Fsp3) is 0.333. The molecular weight excluding hydrogens is 526 g/mol. The average Bonchev–Trinajstić information content (AvgIpc) is 3.48. The number of Topliss-reactive ketones (excluding diaryl/α,β-unsaturated/α-hetero) is 1. The molecule has 0 radical (unpaired) electrons. The molecule has 4 aromatic rings. The zero-order valence-electron chi connectivity index (χ0n) is 22.9. The van der Waals surface area contributed by atoms with Gasteiger partial charge in [0.25, 0.3) is 5.91 Å². The fourth-order valence-electron chi connectivity index (χ4n) is 5.78. The van der Waals surface area contributed by atoms with Crippen molar-refractivity contribution < 1.29 is 9.59 Å². The molecule has 0 spiro atoms. The molecule has 3 N–H and O–H groups in total. The fourth-order valence-corrected chi connectivity index (χ4v) is 6.08. The molecule has 40 heavy (non-hydrogen) atoms. The van der Waals surface area contributed by atoms with Crippen molar-refractivity contribution in [3.63, 3.8) is 0 Å². The Hall–Kier alpha value is -3.79. The second kappa shape index (κ2) is 10.6. The van der Waals surface area contributed by atoms with E-state index in [1.54, 1.807) is 0 Å². The zero-order valence-corrected chi connectivity index (χ0v) is 23.7. The normalized spacial score (nSPS) is 14.5. The summed E-state index contributed by atoms with van der Waals surface area (Å²) >= 11 is 6.92. The number of hydrogen-bond acceptors (Lipinski definition) is 6. The van der Waals surface area contributed by atoms with E-state index in [-0.39, 0.29) is 18.1 Å². The highest BCUT2D eigenvalue weighted by Crippen LogP contribution is 2.36. The molecule has 2 aliphatic rings. The van der Waals surface area contributed by atoms with Crippen molar-refractivity contribution in [2.24, 2.45) is 14.1 Å². The van der Waals surface area contributed by atoms with Gasteiger partial charge in [0, 0.05) is 82.2 Å². The number of rotatable bonds is 6. The Morgan fingerprint density at radius 3 is 2.17 bits per heavy atom. The highest BCUT2D eigenvalue weighted by molar-refractivity contribution is 6.34. The lowest BCUT2D eigenvalue weighted by molar-refractivity contribution is 0.0978. The number of aromatic nitrogens is 4. The third kappa shape index (κ3) is 4.64. The number of fused-ring (bicyclic) bond motifs is 2. The van der Waals surface area contributed by atoms with Crippen LogP contribution in [0.25, 0.3) is 11.1 Å². The molecular formula is C30H32ClN7O2. The van der Waals surface area contributed by atoms with E-state index in [2.05, 4.69) is 25.9 Å². The minimum atomic E-state index is -0.254. The number of imidazole rings is 2. The molecule has 206 valence electrons. The number of carbonyl (C=O) groups excluding carboxylic acids is 2. The molecule has 2 aliphatic heterocycles. The third-order valence-corrected chi connectivity index (χ3v) is 8.46. The largest absolute Gasteiger partial charge is 0.328 e. The van der Waals surface area contributed by atoms with E-state index < -0.39 is 0 Å². The summed E-state index contributed by atoms with van der Waals surface area (Å²) in [7, 11) is 3.79. The van der Waals surface area contributed by atoms with Crippen LogP contribution in [-0.2, 0) is 46.4 Å². The summed E-state index contributed by atoms with van der Waals surface area (Å²) < 4.78 is 3.80. The monoisotopic (exact) mass is 557 g/mol. The number of amides is 1. The zero-order chi connectivity index (χ0) is 28.0. The number of hydrogen-bond donors (Lipinski definition) is 3. The van der Waals surface area contributed by atoms with Gasteiger partial charge in [-0.25, -0.2) is 9.97 Å². The molecule has 6 rings (SSSR count). The highest BCUT2D eigenvalue weighted by Gasteiger charge is 2.24. The van der Waals surface area contributed by atoms with Crippen molar-refractivity contribution in [1.29, 1.82) is 0 Å². The molecule has 0 fully saturated rings. The van der Waals surface area contributed by atoms with Crippen LogP contribution in [0.1, 0.15) is 55.1 Å². The van der Waals surface area contributed by atoms with Gasteiger partial charge in [-0.15, -0.1) is 0 Å². The Kier molecular flexibility index (Phi) is 7.04. The van der Waals surface area contributed by atoms with Crippen LogP contribution < -0.4 is 16.0 Å². The van der Waals surface area contributed by atoms with Gasteiger partial charge in [-0.05, 0) is 29.7 Å². The van der Waals surface area contributed by atoms with Gasteiger partial charge in [0.1, 0.15) is 0 Å². The minimum absolute atomic E-state index is 0.0679. The number of benzene rings is 2. The van der Waals surface area contributed by atoms with Crippen molar-refractivity contribution in [3.05, 3.63) is 87.0 Å². The second-order valence-electron chi connectivity index (χ2n) is 10.4. The van der Waals surface area contributed by atoms with Crippen LogP contribution in [0, 0.1) is 6.92 Å². The summed E-state index contributed by atoms with van der Waals surface area (Å²) in [5.41, 5.74) is 8.07. The van der Waals surface area contributed by atoms with Gasteiger partial charge in [-0.2, -0.15) is 0 Å². The van der Waals surface area contributed by atoms with E-state index in [1.165, 1.54) is 0 Å². The van der Waals surface area contributed by atoms with Crippen molar-refractivity contribution >= 4 is 29.0 Å². The third-order valence-electron chi connectivity index (χ3n) is 8.01. The summed E-state index contributed by atoms with van der Waals surface area (Å²) in [4.78, 5) is 35.8. The lowest BCUT2D eigenvalue weighted by Crippen LogP contribution is -2.24. The first-order valence-electron chi connectivity index (χ1n) is 13.6. The highest BCUT2D eigenvalue weighted by atomic mass is 35.5. The van der Waals surface area contributed by atoms with Crippen molar-refractivity contribution in [2.45, 2.75) is 39.3 Å². The van der Waals surface area contributed by atoms with Crippen molar-refractivity contribution in [2.75, 3.05) is 18.4 Å². The first kappa shape index (κ1) is 26.4. The van der Waals surface area contributed by atoms with Gasteiger partial charge in [-0.1, -0.05) is 41.9 Å². The first-order chi connectivity index (χ1) is 19.3. The number of ketones is 1. The summed E-state index contributed by atoms with van der Waals surface area (Å²) in [6.45, 7) is 5.06. The molecule has 0 saturated carbocycles. The van der Waals surface area contributed by atoms with Crippen LogP contribution in [0.4, 0.5) is 5.69 Å². The van der Waals surface area contributed by atoms with Crippen LogP contribution in [0.5, 0.6) is 0 Å². The van der Waals surface area contributed by atoms with Crippen molar-refractivity contribution in [3.8, 4) is 11.1 Å². The molecule has 2 aromatic carbocycles. The quantitative estimate of drug-likeness (QED) is 0.312. The van der Waals surface area contributed by atoms with Crippen molar-refractivity contribution in [1.82, 2.24) is 29.7 Å². The van der Waals surface area contributed by atoms with Gasteiger partial charge in [0.2, 0.25) is 5.78 Å². The van der Waals surface area contributed by atoms with Gasteiger partial charge in [0.05, 0.1) is 16.4 Å². The molecule has 0 unspecified atom stereocenters. The summed E-state index contributed by atoms with van der Waals surface area (Å²) in [6, 6.07) is 11.5. The molecule has 0 saturated heterocycles. The lowest BCUT2D eigenvalue weighted by atomic mass is 9.96. The van der Waals surface area contributed by atoms with E-state index >= 15 is 0 Å². The summed E-state index contributed by atoms with van der Waals surface area (Å²) in [5.74, 6) is 0.531. The molecule has 9 nitrogen and oxygen atoms in total. The van der Waals surface area contributed by atoms with E-state index in [4.69, 9.17) is 11.6 Å². The summed E-state index contributed by atoms with van der Waals surface area (Å²) in [5, 5.41) is 10.2. The van der Waals surface area contributed by atoms with Gasteiger partial charge in [0.15, 0.2) is 11.6 Å². The van der Waals surface area contributed by atoms with Crippen LogP contribution in [0.3, 0.4) is 0 Å². The van der Waals surface area contributed by atoms with Gasteiger partial charge >= 0.3 is 0 Å². The minimum Gasteiger partial charge on any atom is -0.328 e. The van der Waals surface area contributed by atoms with Crippen LogP contribution >= 0.6 is 11.6 Å². The maximum atomic E-state index is 13.3. The molecule has 2 aromatic heterocycles. The Morgan fingerprint density at radius 1 is 0.900 bits per heavy atom. The Balaban J connectivity index is 1.26. The van der Waals surface area contributed by atoms with E-state index in [0.29, 0.717) is 35.4 Å². The Morgan fingerprint density at radius 2 is 1.50 bits per heavy atom. The Labute approximate surface area is 238 Å². The maximum Gasteiger partial charge on any atom is 0.291 e. The van der Waals surface area contributed by atoms with E-state index in [1.807, 2.05) is 66.6 Å². The predicted molar refractivity (Wildman–Crippen MR) is 155 cm³/mol. The number of carbonyl (C=O) groups is 2.